The Balaban J connectivity index is 2.02. The second-order valence-electron chi connectivity index (χ2n) is 4.54. The number of nitrogens with zero attached hydrogens (tertiary/aromatic N) is 3. The van der Waals surface area contributed by atoms with Crippen LogP contribution in [0.4, 0.5) is 4.39 Å². The largest absolute Gasteiger partial charge is 0.370 e. The Kier molecular flexibility index (Phi) is 5.15. The van der Waals surface area contributed by atoms with Gasteiger partial charge >= 0.3 is 0 Å². The van der Waals surface area contributed by atoms with Crippen LogP contribution < -0.4 is 5.32 Å². The molecule has 2 rings (SSSR count). The standard InChI is InChI=1S/C13H17FN4O/c14-11-6-7-16-8-12(17-18-15)13(11)19-9-10-4-2-1-3-5-10/h1-5,11-13,16H,6-9H2/t11-,12+,13+/m0/s1. The minimum absolute atomic E-state index is 0.323. The van der Waals surface area contributed by atoms with Gasteiger partial charge < -0.3 is 10.1 Å². The predicted octanol–water partition coefficient (Wildman–Crippen LogP) is 2.58. The molecule has 6 heteroatoms. The van der Waals surface area contributed by atoms with Gasteiger partial charge in [-0.2, -0.15) is 0 Å². The molecule has 1 aliphatic rings. The third-order valence-corrected chi connectivity index (χ3v) is 3.17. The molecule has 0 aromatic heterocycles. The van der Waals surface area contributed by atoms with E-state index in [9.17, 15) is 4.39 Å². The van der Waals surface area contributed by atoms with Crippen LogP contribution in [0.5, 0.6) is 0 Å². The molecule has 1 fully saturated rings. The Bertz CT molecular complexity index is 436. The van der Waals surface area contributed by atoms with E-state index in [4.69, 9.17) is 10.3 Å². The van der Waals surface area contributed by atoms with Gasteiger partial charge in [-0.05, 0) is 24.1 Å². The Morgan fingerprint density at radius 3 is 2.95 bits per heavy atom. The lowest BCUT2D eigenvalue weighted by atomic mass is 10.1. The maximum absolute atomic E-state index is 14.0. The summed E-state index contributed by atoms with van der Waals surface area (Å²) in [7, 11) is 0. The molecule has 0 saturated carbocycles. The molecular formula is C13H17FN4O. The van der Waals surface area contributed by atoms with Crippen LogP contribution >= 0.6 is 0 Å². The molecule has 0 unspecified atom stereocenters. The lowest BCUT2D eigenvalue weighted by Gasteiger charge is -2.24. The number of halogens is 1. The fourth-order valence-electron chi connectivity index (χ4n) is 2.17. The Morgan fingerprint density at radius 1 is 1.42 bits per heavy atom. The Hall–Kier alpha value is -1.62. The van der Waals surface area contributed by atoms with Gasteiger partial charge in [-0.15, -0.1) is 0 Å². The number of alkyl halides is 1. The first-order chi connectivity index (χ1) is 9.31. The van der Waals surface area contributed by atoms with Crippen LogP contribution in [-0.4, -0.2) is 31.4 Å². The summed E-state index contributed by atoms with van der Waals surface area (Å²) in [5.41, 5.74) is 9.53. The van der Waals surface area contributed by atoms with E-state index < -0.39 is 18.3 Å². The number of rotatable bonds is 4. The van der Waals surface area contributed by atoms with E-state index in [1.165, 1.54) is 0 Å². The van der Waals surface area contributed by atoms with Crippen LogP contribution in [0.1, 0.15) is 12.0 Å². The highest BCUT2D eigenvalue weighted by atomic mass is 19.1. The van der Waals surface area contributed by atoms with Gasteiger partial charge in [0.05, 0.1) is 18.8 Å². The van der Waals surface area contributed by atoms with E-state index in [-0.39, 0.29) is 0 Å². The zero-order chi connectivity index (χ0) is 13.5. The quantitative estimate of drug-likeness (QED) is 0.516. The maximum Gasteiger partial charge on any atom is 0.128 e. The van der Waals surface area contributed by atoms with Crippen molar-refractivity contribution in [2.45, 2.75) is 31.3 Å². The highest BCUT2D eigenvalue weighted by molar-refractivity contribution is 5.13. The number of azide groups is 1. The number of nitrogens with one attached hydrogen (secondary N) is 1. The summed E-state index contributed by atoms with van der Waals surface area (Å²) in [5, 5.41) is 6.70. The van der Waals surface area contributed by atoms with Gasteiger partial charge in [0.25, 0.3) is 0 Å². The van der Waals surface area contributed by atoms with Gasteiger partial charge in [0.2, 0.25) is 0 Å². The van der Waals surface area contributed by atoms with E-state index in [2.05, 4.69) is 15.3 Å². The molecule has 5 nitrogen and oxygen atoms in total. The van der Waals surface area contributed by atoms with Gasteiger partial charge in [0.15, 0.2) is 0 Å². The first-order valence-corrected chi connectivity index (χ1v) is 6.36. The van der Waals surface area contributed by atoms with Crippen molar-refractivity contribution in [3.63, 3.8) is 0 Å². The summed E-state index contributed by atoms with van der Waals surface area (Å²) in [6.07, 6.45) is -1.43. The van der Waals surface area contributed by atoms with E-state index in [1.807, 2.05) is 30.3 Å². The molecule has 0 bridgehead atoms. The second-order valence-corrected chi connectivity index (χ2v) is 4.54. The number of benzene rings is 1. The van der Waals surface area contributed by atoms with E-state index in [0.717, 1.165) is 5.56 Å². The monoisotopic (exact) mass is 264 g/mol. The van der Waals surface area contributed by atoms with Gasteiger partial charge in [-0.25, -0.2) is 4.39 Å². The van der Waals surface area contributed by atoms with Crippen molar-refractivity contribution in [2.24, 2.45) is 5.11 Å². The smallest absolute Gasteiger partial charge is 0.128 e. The van der Waals surface area contributed by atoms with Crippen molar-refractivity contribution >= 4 is 0 Å². The van der Waals surface area contributed by atoms with Crippen LogP contribution in [0, 0.1) is 0 Å². The van der Waals surface area contributed by atoms with E-state index in [1.54, 1.807) is 0 Å². The summed E-state index contributed by atoms with van der Waals surface area (Å²) in [6, 6.07) is 9.07. The molecule has 1 aromatic rings. The minimum Gasteiger partial charge on any atom is -0.370 e. The van der Waals surface area contributed by atoms with Crippen LogP contribution in [0.2, 0.25) is 0 Å². The highest BCUT2D eigenvalue weighted by Gasteiger charge is 2.32. The SMILES string of the molecule is [N-]=[N+]=N[C@@H]1CNCC[C@H](F)[C@H]1OCc1ccccc1. The van der Waals surface area contributed by atoms with Crippen molar-refractivity contribution < 1.29 is 9.13 Å². The number of hydrogen-bond acceptors (Lipinski definition) is 3. The van der Waals surface area contributed by atoms with Crippen LogP contribution in [-0.2, 0) is 11.3 Å². The average Bonchev–Trinajstić information content (AvgIpc) is 2.60. The zero-order valence-corrected chi connectivity index (χ0v) is 10.6. The van der Waals surface area contributed by atoms with Gasteiger partial charge in [-0.1, -0.05) is 35.4 Å². The fourth-order valence-corrected chi connectivity index (χ4v) is 2.17. The predicted molar refractivity (Wildman–Crippen MR) is 70.3 cm³/mol. The van der Waals surface area contributed by atoms with Crippen LogP contribution in [0.15, 0.2) is 35.4 Å². The van der Waals surface area contributed by atoms with Crippen molar-refractivity contribution in [3.8, 4) is 0 Å². The van der Waals surface area contributed by atoms with E-state index in [0.29, 0.717) is 26.1 Å². The molecule has 0 spiro atoms. The maximum atomic E-state index is 14.0. The number of hydrogen-bond donors (Lipinski definition) is 1. The summed E-state index contributed by atoms with van der Waals surface area (Å²) in [6.45, 7) is 1.34. The third-order valence-electron chi connectivity index (χ3n) is 3.17. The minimum atomic E-state index is -1.12. The molecule has 0 amide bonds. The summed E-state index contributed by atoms with van der Waals surface area (Å²) >= 11 is 0. The molecule has 1 saturated heterocycles. The van der Waals surface area contributed by atoms with Crippen LogP contribution in [0.3, 0.4) is 0 Å². The summed E-state index contributed by atoms with van der Waals surface area (Å²) < 4.78 is 19.7. The molecule has 1 heterocycles. The summed E-state index contributed by atoms with van der Waals surface area (Å²) in [5.74, 6) is 0. The van der Waals surface area contributed by atoms with Crippen molar-refractivity contribution in [1.82, 2.24) is 5.32 Å². The van der Waals surface area contributed by atoms with Gasteiger partial charge in [0.1, 0.15) is 6.17 Å². The first kappa shape index (κ1) is 13.8. The van der Waals surface area contributed by atoms with Gasteiger partial charge in [0, 0.05) is 11.5 Å². The Morgan fingerprint density at radius 2 is 2.21 bits per heavy atom. The van der Waals surface area contributed by atoms with Gasteiger partial charge in [-0.3, -0.25) is 0 Å². The van der Waals surface area contributed by atoms with Crippen molar-refractivity contribution in [2.75, 3.05) is 13.1 Å². The molecular weight excluding hydrogens is 247 g/mol. The molecule has 1 aliphatic heterocycles. The van der Waals surface area contributed by atoms with Crippen molar-refractivity contribution in [3.05, 3.63) is 46.3 Å². The first-order valence-electron chi connectivity index (χ1n) is 6.36. The molecule has 0 aliphatic carbocycles. The molecule has 19 heavy (non-hydrogen) atoms. The number of ether oxygens (including phenoxy) is 1. The Labute approximate surface area is 111 Å². The molecule has 102 valence electrons. The zero-order valence-electron chi connectivity index (χ0n) is 10.6. The average molecular weight is 264 g/mol. The fraction of sp³-hybridized carbons (Fsp3) is 0.538. The van der Waals surface area contributed by atoms with Crippen molar-refractivity contribution in [1.29, 1.82) is 0 Å². The highest BCUT2D eigenvalue weighted by Crippen LogP contribution is 2.19. The second kappa shape index (κ2) is 7.09. The molecule has 0 radical (unpaired) electrons. The molecule has 1 aromatic carbocycles. The molecule has 3 atom stereocenters. The van der Waals surface area contributed by atoms with Crippen LogP contribution in [0.25, 0.3) is 10.4 Å². The normalized spacial score (nSPS) is 27.3. The lowest BCUT2D eigenvalue weighted by Crippen LogP contribution is -2.38. The topological polar surface area (TPSA) is 70.0 Å². The summed E-state index contributed by atoms with van der Waals surface area (Å²) in [4.78, 5) is 2.78. The third kappa shape index (κ3) is 3.92. The van der Waals surface area contributed by atoms with E-state index >= 15 is 0 Å². The lowest BCUT2D eigenvalue weighted by molar-refractivity contribution is -0.0232. The molecule has 1 N–H and O–H groups in total.